The molecular formula is C19H16N8. The number of H-pyrrole nitrogens is 1. The number of imidazole rings is 2. The molecule has 0 radical (unpaired) electrons. The smallest absolute Gasteiger partial charge is 0.182 e. The Morgan fingerprint density at radius 1 is 1.07 bits per heavy atom. The third kappa shape index (κ3) is 2.67. The van der Waals surface area contributed by atoms with E-state index in [0.29, 0.717) is 18.0 Å². The minimum absolute atomic E-state index is 0.482. The van der Waals surface area contributed by atoms with E-state index in [1.165, 1.54) is 11.9 Å². The van der Waals surface area contributed by atoms with Gasteiger partial charge in [-0.25, -0.2) is 24.9 Å². The van der Waals surface area contributed by atoms with Crippen LogP contribution < -0.4 is 5.32 Å². The average Bonchev–Trinajstić information content (AvgIpc) is 3.30. The van der Waals surface area contributed by atoms with E-state index in [2.05, 4.69) is 59.9 Å². The van der Waals surface area contributed by atoms with Crippen LogP contribution in [0.1, 0.15) is 11.4 Å². The van der Waals surface area contributed by atoms with E-state index in [9.17, 15) is 0 Å². The molecule has 4 aromatic heterocycles. The van der Waals surface area contributed by atoms with Crippen LogP contribution in [-0.2, 0) is 6.54 Å². The van der Waals surface area contributed by atoms with Crippen molar-refractivity contribution in [3.8, 4) is 5.69 Å². The van der Waals surface area contributed by atoms with E-state index in [-0.39, 0.29) is 0 Å². The second kappa shape index (κ2) is 6.17. The van der Waals surface area contributed by atoms with Gasteiger partial charge in [0.1, 0.15) is 23.2 Å². The average molecular weight is 356 g/mol. The number of aryl methyl sites for hydroxylation is 1. The quantitative estimate of drug-likeness (QED) is 0.514. The molecule has 0 saturated carbocycles. The Morgan fingerprint density at radius 2 is 2.04 bits per heavy atom. The zero-order valence-corrected chi connectivity index (χ0v) is 14.6. The monoisotopic (exact) mass is 356 g/mol. The second-order valence-corrected chi connectivity index (χ2v) is 6.23. The van der Waals surface area contributed by atoms with Crippen LogP contribution in [0.2, 0.25) is 0 Å². The lowest BCUT2D eigenvalue weighted by Crippen LogP contribution is -2.09. The van der Waals surface area contributed by atoms with Crippen molar-refractivity contribution in [2.45, 2.75) is 13.5 Å². The maximum absolute atomic E-state index is 4.77. The highest BCUT2D eigenvalue weighted by molar-refractivity contribution is 5.82. The molecule has 0 fully saturated rings. The molecular weight excluding hydrogens is 340 g/mol. The minimum atomic E-state index is 0.482. The zero-order valence-electron chi connectivity index (χ0n) is 14.6. The van der Waals surface area contributed by atoms with E-state index >= 15 is 0 Å². The molecule has 2 N–H and O–H groups in total. The van der Waals surface area contributed by atoms with Crippen LogP contribution in [0.5, 0.6) is 0 Å². The summed E-state index contributed by atoms with van der Waals surface area (Å²) in [4.78, 5) is 25.0. The SMILES string of the molecule is Cc1cccc(-n2c(CNc3ncnc4nc[nH]c34)nc3cccnc32)c1. The molecule has 132 valence electrons. The van der Waals surface area contributed by atoms with Crippen molar-refractivity contribution >= 4 is 28.1 Å². The maximum atomic E-state index is 4.77. The third-order valence-corrected chi connectivity index (χ3v) is 4.38. The fraction of sp³-hybridized carbons (Fsp3) is 0.105. The highest BCUT2D eigenvalue weighted by Gasteiger charge is 2.14. The van der Waals surface area contributed by atoms with Gasteiger partial charge in [-0.1, -0.05) is 12.1 Å². The first-order valence-electron chi connectivity index (χ1n) is 8.57. The molecule has 0 bridgehead atoms. The van der Waals surface area contributed by atoms with Gasteiger partial charge in [0, 0.05) is 11.9 Å². The lowest BCUT2D eigenvalue weighted by molar-refractivity contribution is 0.903. The van der Waals surface area contributed by atoms with Gasteiger partial charge in [0.15, 0.2) is 17.1 Å². The van der Waals surface area contributed by atoms with E-state index in [0.717, 1.165) is 28.2 Å². The summed E-state index contributed by atoms with van der Waals surface area (Å²) in [5, 5.41) is 3.34. The number of anilines is 1. The van der Waals surface area contributed by atoms with Crippen molar-refractivity contribution in [1.82, 2.24) is 34.5 Å². The number of hydrogen-bond acceptors (Lipinski definition) is 6. The number of rotatable bonds is 4. The minimum Gasteiger partial charge on any atom is -0.361 e. The van der Waals surface area contributed by atoms with Crippen LogP contribution in [0.3, 0.4) is 0 Å². The van der Waals surface area contributed by atoms with Crippen LogP contribution in [-0.4, -0.2) is 34.5 Å². The Balaban J connectivity index is 1.59. The maximum Gasteiger partial charge on any atom is 0.182 e. The highest BCUT2D eigenvalue weighted by Crippen LogP contribution is 2.22. The number of aromatic amines is 1. The number of fused-ring (bicyclic) bond motifs is 2. The summed E-state index contributed by atoms with van der Waals surface area (Å²) in [6, 6.07) is 12.2. The Kier molecular flexibility index (Phi) is 3.53. The predicted molar refractivity (Wildman–Crippen MR) is 103 cm³/mol. The normalized spacial score (nSPS) is 11.3. The lowest BCUT2D eigenvalue weighted by atomic mass is 10.2. The molecule has 1 aromatic carbocycles. The summed E-state index contributed by atoms with van der Waals surface area (Å²) < 4.78 is 2.07. The van der Waals surface area contributed by atoms with E-state index in [1.807, 2.05) is 18.2 Å². The van der Waals surface area contributed by atoms with Crippen LogP contribution >= 0.6 is 0 Å². The Morgan fingerprint density at radius 3 is 2.96 bits per heavy atom. The van der Waals surface area contributed by atoms with Crippen molar-refractivity contribution in [2.24, 2.45) is 0 Å². The third-order valence-electron chi connectivity index (χ3n) is 4.38. The molecule has 0 amide bonds. The first kappa shape index (κ1) is 15.4. The summed E-state index contributed by atoms with van der Waals surface area (Å²) >= 11 is 0. The van der Waals surface area contributed by atoms with Crippen molar-refractivity contribution in [3.05, 3.63) is 66.6 Å². The number of benzene rings is 1. The second-order valence-electron chi connectivity index (χ2n) is 6.23. The first-order valence-corrected chi connectivity index (χ1v) is 8.57. The highest BCUT2D eigenvalue weighted by atomic mass is 15.2. The van der Waals surface area contributed by atoms with Gasteiger partial charge >= 0.3 is 0 Å². The number of nitrogens with one attached hydrogen (secondary N) is 2. The zero-order chi connectivity index (χ0) is 18.2. The van der Waals surface area contributed by atoms with Crippen molar-refractivity contribution in [2.75, 3.05) is 5.32 Å². The molecule has 0 aliphatic heterocycles. The molecule has 0 atom stereocenters. The molecule has 0 saturated heterocycles. The number of nitrogens with zero attached hydrogens (tertiary/aromatic N) is 6. The Bertz CT molecular complexity index is 1250. The first-order chi connectivity index (χ1) is 13.3. The fourth-order valence-electron chi connectivity index (χ4n) is 3.18. The molecule has 0 unspecified atom stereocenters. The Hall–Kier alpha value is -3.81. The van der Waals surface area contributed by atoms with Crippen molar-refractivity contribution < 1.29 is 0 Å². The number of hydrogen-bond donors (Lipinski definition) is 2. The largest absolute Gasteiger partial charge is 0.361 e. The fourth-order valence-corrected chi connectivity index (χ4v) is 3.18. The van der Waals surface area contributed by atoms with E-state index < -0.39 is 0 Å². The van der Waals surface area contributed by atoms with Gasteiger partial charge in [-0.2, -0.15) is 0 Å². The van der Waals surface area contributed by atoms with Gasteiger partial charge in [0.2, 0.25) is 0 Å². The molecule has 0 spiro atoms. The molecule has 5 rings (SSSR count). The topological polar surface area (TPSA) is 97.2 Å². The van der Waals surface area contributed by atoms with Gasteiger partial charge in [0.05, 0.1) is 12.9 Å². The Labute approximate surface area is 154 Å². The van der Waals surface area contributed by atoms with Gasteiger partial charge in [-0.3, -0.25) is 4.57 Å². The van der Waals surface area contributed by atoms with Crippen LogP contribution in [0.4, 0.5) is 5.82 Å². The van der Waals surface area contributed by atoms with Crippen LogP contribution in [0.15, 0.2) is 55.2 Å². The lowest BCUT2D eigenvalue weighted by Gasteiger charge is -2.11. The van der Waals surface area contributed by atoms with Crippen molar-refractivity contribution in [3.63, 3.8) is 0 Å². The molecule has 0 aliphatic carbocycles. The van der Waals surface area contributed by atoms with Crippen molar-refractivity contribution in [1.29, 1.82) is 0 Å². The van der Waals surface area contributed by atoms with Crippen LogP contribution in [0.25, 0.3) is 28.0 Å². The van der Waals surface area contributed by atoms with Gasteiger partial charge < -0.3 is 10.3 Å². The summed E-state index contributed by atoms with van der Waals surface area (Å²) in [5.74, 6) is 1.54. The molecule has 5 aromatic rings. The molecule has 27 heavy (non-hydrogen) atoms. The summed E-state index contributed by atoms with van der Waals surface area (Å²) in [6.45, 7) is 2.55. The summed E-state index contributed by atoms with van der Waals surface area (Å²) in [6.07, 6.45) is 4.89. The van der Waals surface area contributed by atoms with E-state index in [1.54, 1.807) is 12.5 Å². The van der Waals surface area contributed by atoms with E-state index in [4.69, 9.17) is 4.98 Å². The number of pyridine rings is 1. The van der Waals surface area contributed by atoms with Gasteiger partial charge in [-0.05, 0) is 36.8 Å². The molecule has 0 aliphatic rings. The molecule has 8 nitrogen and oxygen atoms in total. The molecule has 8 heteroatoms. The van der Waals surface area contributed by atoms with Gasteiger partial charge in [-0.15, -0.1) is 0 Å². The summed E-state index contributed by atoms with van der Waals surface area (Å²) in [5.41, 5.74) is 5.29. The molecule has 4 heterocycles. The standard InChI is InChI=1S/C19H16N8/c1-12-4-2-5-13(8-12)27-15(26-14-6-3-7-20-19(14)27)9-21-17-16-18(23-10-22-16)25-11-24-17/h2-8,10-11H,9H2,1H3,(H2,21,22,23,24,25). The van der Waals surface area contributed by atoms with Gasteiger partial charge in [0.25, 0.3) is 0 Å². The summed E-state index contributed by atoms with van der Waals surface area (Å²) in [7, 11) is 0. The predicted octanol–water partition coefficient (Wildman–Crippen LogP) is 3.01. The number of aromatic nitrogens is 7. The van der Waals surface area contributed by atoms with Crippen LogP contribution in [0, 0.1) is 6.92 Å².